The molecule has 0 atom stereocenters. The highest BCUT2D eigenvalue weighted by Gasteiger charge is 2.07. The molecule has 0 aliphatic rings. The summed E-state index contributed by atoms with van der Waals surface area (Å²) in [4.78, 5) is 14.5. The number of rotatable bonds is 2. The predicted molar refractivity (Wildman–Crippen MR) is 74.4 cm³/mol. The first kappa shape index (κ1) is 11.0. The molecule has 2 heterocycles. The summed E-state index contributed by atoms with van der Waals surface area (Å²) in [6.45, 7) is 0. The molecule has 4 heteroatoms. The molecule has 0 spiro atoms. The van der Waals surface area contributed by atoms with Crippen LogP contribution in [0.2, 0.25) is 0 Å². The van der Waals surface area contributed by atoms with E-state index in [0.717, 1.165) is 27.8 Å². The number of hydrogen-bond acceptors (Lipinski definition) is 3. The van der Waals surface area contributed by atoms with Crippen molar-refractivity contribution in [2.24, 2.45) is 0 Å². The summed E-state index contributed by atoms with van der Waals surface area (Å²) >= 11 is 1.62. The van der Waals surface area contributed by atoms with Crippen LogP contribution in [0.4, 0.5) is 0 Å². The van der Waals surface area contributed by atoms with Crippen LogP contribution in [0.1, 0.15) is 0 Å². The molecule has 0 saturated heterocycles. The van der Waals surface area contributed by atoms with Crippen LogP contribution in [0.25, 0.3) is 22.0 Å². The molecule has 0 saturated carbocycles. The molecule has 3 nitrogen and oxygen atoms in total. The second-order valence-corrected chi connectivity index (χ2v) is 4.75. The van der Waals surface area contributed by atoms with Crippen LogP contribution < -0.4 is 10.3 Å². The fourth-order valence-corrected chi connectivity index (χ4v) is 2.68. The fraction of sp³-hybridized carbons (Fsp3) is 0.0714. The van der Waals surface area contributed by atoms with Crippen molar-refractivity contribution in [1.82, 2.24) is 4.98 Å². The van der Waals surface area contributed by atoms with Gasteiger partial charge < -0.3 is 9.72 Å². The van der Waals surface area contributed by atoms with Crippen molar-refractivity contribution >= 4 is 22.2 Å². The number of aromatic amines is 1. The highest BCUT2D eigenvalue weighted by molar-refractivity contribution is 7.08. The third-order valence-corrected chi connectivity index (χ3v) is 3.57. The Kier molecular flexibility index (Phi) is 2.64. The van der Waals surface area contributed by atoms with E-state index in [9.17, 15) is 4.79 Å². The second-order valence-electron chi connectivity index (χ2n) is 3.97. The van der Waals surface area contributed by atoms with Crippen molar-refractivity contribution in [2.45, 2.75) is 0 Å². The van der Waals surface area contributed by atoms with Crippen LogP contribution in [0.3, 0.4) is 0 Å². The van der Waals surface area contributed by atoms with Crippen LogP contribution in [0.15, 0.2) is 45.9 Å². The zero-order valence-corrected chi connectivity index (χ0v) is 10.6. The normalized spacial score (nSPS) is 10.7. The van der Waals surface area contributed by atoms with Crippen LogP contribution in [0.5, 0.6) is 5.75 Å². The Morgan fingerprint density at radius 1 is 1.22 bits per heavy atom. The van der Waals surface area contributed by atoms with Gasteiger partial charge in [0.15, 0.2) is 0 Å². The molecule has 0 fully saturated rings. The number of benzene rings is 1. The summed E-state index contributed by atoms with van der Waals surface area (Å²) in [6, 6.07) is 9.36. The minimum atomic E-state index is -0.100. The number of H-pyrrole nitrogens is 1. The molecule has 90 valence electrons. The standard InChI is InChI=1S/C14H11NO2S/c1-17-10-2-3-11-12(9-4-5-18-8-9)7-14(16)15-13(11)6-10/h2-8H,1H3,(H,15,16). The van der Waals surface area contributed by atoms with Crippen LogP contribution in [-0.4, -0.2) is 12.1 Å². The summed E-state index contributed by atoms with van der Waals surface area (Å²) in [7, 11) is 1.61. The number of nitrogens with one attached hydrogen (secondary N) is 1. The van der Waals surface area contributed by atoms with Gasteiger partial charge in [-0.3, -0.25) is 4.79 Å². The van der Waals surface area contributed by atoms with E-state index in [1.54, 1.807) is 24.5 Å². The van der Waals surface area contributed by atoms with Crippen molar-refractivity contribution in [3.8, 4) is 16.9 Å². The summed E-state index contributed by atoms with van der Waals surface area (Å²) in [5.74, 6) is 0.737. The number of ether oxygens (including phenoxy) is 1. The average Bonchev–Trinajstić information content (AvgIpc) is 2.90. The van der Waals surface area contributed by atoms with E-state index in [4.69, 9.17) is 4.74 Å². The van der Waals surface area contributed by atoms with Gasteiger partial charge in [0.2, 0.25) is 5.56 Å². The SMILES string of the molecule is COc1ccc2c(-c3ccsc3)cc(=O)[nH]c2c1. The lowest BCUT2D eigenvalue weighted by atomic mass is 10.0. The van der Waals surface area contributed by atoms with Crippen LogP contribution in [0, 0.1) is 0 Å². The van der Waals surface area contributed by atoms with E-state index in [2.05, 4.69) is 4.98 Å². The number of aromatic nitrogens is 1. The summed E-state index contributed by atoms with van der Waals surface area (Å²) < 4.78 is 5.17. The fourth-order valence-electron chi connectivity index (χ4n) is 2.02. The third kappa shape index (κ3) is 1.80. The van der Waals surface area contributed by atoms with E-state index < -0.39 is 0 Å². The lowest BCUT2D eigenvalue weighted by Gasteiger charge is -2.06. The van der Waals surface area contributed by atoms with Gasteiger partial charge in [-0.25, -0.2) is 0 Å². The largest absolute Gasteiger partial charge is 0.497 e. The van der Waals surface area contributed by atoms with Gasteiger partial charge in [0.25, 0.3) is 0 Å². The third-order valence-electron chi connectivity index (χ3n) is 2.88. The van der Waals surface area contributed by atoms with Gasteiger partial charge in [-0.05, 0) is 40.1 Å². The Bertz CT molecular complexity index is 744. The molecule has 3 rings (SSSR count). The van der Waals surface area contributed by atoms with Crippen LogP contribution >= 0.6 is 11.3 Å². The first-order chi connectivity index (χ1) is 8.78. The Labute approximate surface area is 108 Å². The van der Waals surface area contributed by atoms with Crippen LogP contribution in [-0.2, 0) is 0 Å². The lowest BCUT2D eigenvalue weighted by Crippen LogP contribution is -2.04. The summed E-state index contributed by atoms with van der Waals surface area (Å²) in [6.07, 6.45) is 0. The quantitative estimate of drug-likeness (QED) is 0.765. The van der Waals surface area contributed by atoms with Gasteiger partial charge in [-0.15, -0.1) is 0 Å². The molecule has 1 aromatic carbocycles. The molecule has 0 amide bonds. The summed E-state index contributed by atoms with van der Waals surface area (Å²) in [5, 5.41) is 5.07. The molecule has 0 aliphatic carbocycles. The number of methoxy groups -OCH3 is 1. The Morgan fingerprint density at radius 3 is 2.83 bits per heavy atom. The molecule has 0 aliphatic heterocycles. The summed E-state index contributed by atoms with van der Waals surface area (Å²) in [5.41, 5.74) is 2.72. The van der Waals surface area contributed by atoms with Gasteiger partial charge in [0.05, 0.1) is 12.6 Å². The Hall–Kier alpha value is -2.07. The second kappa shape index (κ2) is 4.31. The molecule has 0 bridgehead atoms. The predicted octanol–water partition coefficient (Wildman–Crippen LogP) is 3.27. The topological polar surface area (TPSA) is 42.1 Å². The van der Waals surface area contributed by atoms with E-state index in [-0.39, 0.29) is 5.56 Å². The molecule has 2 aromatic heterocycles. The van der Waals surface area contributed by atoms with Gasteiger partial charge in [0, 0.05) is 17.5 Å². The number of hydrogen-bond donors (Lipinski definition) is 1. The Balaban J connectivity index is 2.35. The maximum atomic E-state index is 11.7. The van der Waals surface area contributed by atoms with E-state index in [0.29, 0.717) is 0 Å². The van der Waals surface area contributed by atoms with Gasteiger partial charge in [-0.1, -0.05) is 0 Å². The monoisotopic (exact) mass is 257 g/mol. The van der Waals surface area contributed by atoms with Crippen molar-refractivity contribution in [3.63, 3.8) is 0 Å². The van der Waals surface area contributed by atoms with Crippen molar-refractivity contribution in [3.05, 3.63) is 51.4 Å². The van der Waals surface area contributed by atoms with E-state index in [1.807, 2.05) is 35.0 Å². The van der Waals surface area contributed by atoms with E-state index >= 15 is 0 Å². The highest BCUT2D eigenvalue weighted by Crippen LogP contribution is 2.29. The number of fused-ring (bicyclic) bond motifs is 1. The highest BCUT2D eigenvalue weighted by atomic mass is 32.1. The average molecular weight is 257 g/mol. The molecular weight excluding hydrogens is 246 g/mol. The zero-order chi connectivity index (χ0) is 12.5. The van der Waals surface area contributed by atoms with Gasteiger partial charge in [0.1, 0.15) is 5.75 Å². The first-order valence-corrected chi connectivity index (χ1v) is 6.46. The van der Waals surface area contributed by atoms with Gasteiger partial charge in [-0.2, -0.15) is 11.3 Å². The maximum absolute atomic E-state index is 11.7. The molecule has 3 aromatic rings. The minimum absolute atomic E-state index is 0.100. The Morgan fingerprint density at radius 2 is 2.11 bits per heavy atom. The molecule has 1 N–H and O–H groups in total. The maximum Gasteiger partial charge on any atom is 0.249 e. The number of pyridine rings is 1. The smallest absolute Gasteiger partial charge is 0.249 e. The van der Waals surface area contributed by atoms with E-state index in [1.165, 1.54) is 0 Å². The minimum Gasteiger partial charge on any atom is -0.497 e. The lowest BCUT2D eigenvalue weighted by molar-refractivity contribution is 0.415. The zero-order valence-electron chi connectivity index (χ0n) is 9.77. The van der Waals surface area contributed by atoms with Crippen molar-refractivity contribution in [2.75, 3.05) is 7.11 Å². The van der Waals surface area contributed by atoms with Crippen molar-refractivity contribution in [1.29, 1.82) is 0 Å². The molecule has 0 radical (unpaired) electrons. The molecule has 18 heavy (non-hydrogen) atoms. The van der Waals surface area contributed by atoms with Crippen molar-refractivity contribution < 1.29 is 4.74 Å². The van der Waals surface area contributed by atoms with Gasteiger partial charge >= 0.3 is 0 Å². The number of thiophene rings is 1. The molecule has 0 unspecified atom stereocenters. The first-order valence-electron chi connectivity index (χ1n) is 5.51. The molecular formula is C14H11NO2S.